The van der Waals surface area contributed by atoms with Crippen LogP contribution in [0.5, 0.6) is 0 Å². The van der Waals surface area contributed by atoms with Gasteiger partial charge < -0.3 is 9.59 Å². The Morgan fingerprint density at radius 3 is 1.47 bits per heavy atom. The van der Waals surface area contributed by atoms with Crippen molar-refractivity contribution in [1.82, 2.24) is 0 Å². The van der Waals surface area contributed by atoms with E-state index in [9.17, 15) is 5.11 Å². The van der Waals surface area contributed by atoms with Crippen LogP contribution in [0.1, 0.15) is 115 Å². The second-order valence-corrected chi connectivity index (χ2v) is 9.74. The molecule has 1 atom stereocenters. The summed E-state index contributed by atoms with van der Waals surface area (Å²) >= 11 is 0. The topological polar surface area (TPSA) is 20.2 Å². The van der Waals surface area contributed by atoms with E-state index in [-0.39, 0.29) is 6.61 Å². The minimum absolute atomic E-state index is 0.280. The Morgan fingerprint density at radius 2 is 1.03 bits per heavy atom. The average Bonchev–Trinajstić information content (AvgIpc) is 2.74. The Morgan fingerprint density at radius 1 is 0.600 bits per heavy atom. The highest BCUT2D eigenvalue weighted by Gasteiger charge is 2.20. The number of unbranched alkanes of at least 4 members (excludes halogenated alkanes) is 15. The van der Waals surface area contributed by atoms with Gasteiger partial charge in [0.1, 0.15) is 13.1 Å². The molecule has 0 amide bonds. The van der Waals surface area contributed by atoms with Gasteiger partial charge in [0, 0.05) is 5.56 Å². The van der Waals surface area contributed by atoms with Crippen molar-refractivity contribution in [3.8, 4) is 0 Å². The van der Waals surface area contributed by atoms with E-state index in [4.69, 9.17) is 0 Å². The van der Waals surface area contributed by atoms with Gasteiger partial charge in [-0.3, -0.25) is 0 Å². The first-order chi connectivity index (χ1) is 14.7. The first-order valence-electron chi connectivity index (χ1n) is 13.2. The molecule has 0 fully saturated rings. The van der Waals surface area contributed by atoms with E-state index >= 15 is 0 Å². The van der Waals surface area contributed by atoms with E-state index in [1.54, 1.807) is 0 Å². The molecule has 0 saturated carbocycles. The van der Waals surface area contributed by atoms with Crippen molar-refractivity contribution in [2.24, 2.45) is 0 Å². The summed E-state index contributed by atoms with van der Waals surface area (Å²) in [6, 6.07) is 10.7. The molecule has 1 aromatic rings. The molecule has 0 aliphatic rings. The number of nitrogens with zero attached hydrogens (tertiary/aromatic N) is 1. The third-order valence-corrected chi connectivity index (χ3v) is 6.60. The fourth-order valence-electron chi connectivity index (χ4n) is 4.58. The molecule has 0 aliphatic heterocycles. The average molecular weight is 419 g/mol. The second-order valence-electron chi connectivity index (χ2n) is 9.74. The summed E-state index contributed by atoms with van der Waals surface area (Å²) in [5, 5.41) is 9.50. The molecule has 0 heterocycles. The first kappa shape index (κ1) is 27.2. The summed E-state index contributed by atoms with van der Waals surface area (Å²) < 4.78 is 0.957. The van der Waals surface area contributed by atoms with Crippen molar-refractivity contribution in [2.75, 3.05) is 26.7 Å². The molecule has 1 aromatic carbocycles. The second kappa shape index (κ2) is 18.9. The van der Waals surface area contributed by atoms with Gasteiger partial charge in [0.15, 0.2) is 0 Å². The Bertz CT molecular complexity index is 475. The van der Waals surface area contributed by atoms with E-state index in [1.807, 2.05) is 0 Å². The molecule has 0 aliphatic carbocycles. The number of hydrogen-bond acceptors (Lipinski definition) is 1. The zero-order chi connectivity index (χ0) is 21.8. The van der Waals surface area contributed by atoms with Crippen molar-refractivity contribution < 1.29 is 9.59 Å². The van der Waals surface area contributed by atoms with Gasteiger partial charge in [0.25, 0.3) is 0 Å². The Balaban J connectivity index is 1.94. The van der Waals surface area contributed by atoms with Crippen LogP contribution in [-0.2, 0) is 6.54 Å². The highest BCUT2D eigenvalue weighted by atomic mass is 16.3. The Labute approximate surface area is 188 Å². The van der Waals surface area contributed by atoms with Gasteiger partial charge >= 0.3 is 0 Å². The lowest BCUT2D eigenvalue weighted by atomic mass is 10.0. The van der Waals surface area contributed by atoms with E-state index in [0.717, 1.165) is 17.6 Å². The van der Waals surface area contributed by atoms with Gasteiger partial charge in [-0.15, -0.1) is 0 Å². The first-order valence-corrected chi connectivity index (χ1v) is 13.2. The Kier molecular flexibility index (Phi) is 17.1. The lowest BCUT2D eigenvalue weighted by Crippen LogP contribution is -2.46. The van der Waals surface area contributed by atoms with Gasteiger partial charge in [0.05, 0.1) is 20.2 Å². The number of rotatable bonds is 21. The number of hydrogen-bond donors (Lipinski definition) is 1. The fourth-order valence-corrected chi connectivity index (χ4v) is 4.58. The Hall–Kier alpha value is -0.860. The molecule has 2 heteroatoms. The molecule has 0 spiro atoms. The minimum Gasteiger partial charge on any atom is -0.391 e. The van der Waals surface area contributed by atoms with Crippen molar-refractivity contribution in [3.63, 3.8) is 0 Å². The van der Waals surface area contributed by atoms with E-state index in [2.05, 4.69) is 44.3 Å². The third-order valence-electron chi connectivity index (χ3n) is 6.60. The molecular formula is C28H52NO+. The van der Waals surface area contributed by atoms with Crippen LogP contribution < -0.4 is 0 Å². The van der Waals surface area contributed by atoms with E-state index in [1.165, 1.54) is 115 Å². The van der Waals surface area contributed by atoms with Gasteiger partial charge in [-0.25, -0.2) is 0 Å². The van der Waals surface area contributed by atoms with Crippen LogP contribution in [0.2, 0.25) is 0 Å². The van der Waals surface area contributed by atoms with Crippen LogP contribution in [-0.4, -0.2) is 36.3 Å². The lowest BCUT2D eigenvalue weighted by Gasteiger charge is -2.34. The van der Waals surface area contributed by atoms with Crippen LogP contribution in [0.4, 0.5) is 0 Å². The summed E-state index contributed by atoms with van der Waals surface area (Å²) in [6.07, 6.45) is 22.7. The van der Waals surface area contributed by atoms with Crippen molar-refractivity contribution in [2.45, 2.75) is 116 Å². The monoisotopic (exact) mass is 418 g/mol. The van der Waals surface area contributed by atoms with E-state index in [0.29, 0.717) is 0 Å². The maximum Gasteiger partial charge on any atom is 0.104 e. The molecule has 0 saturated heterocycles. The molecule has 1 rings (SSSR count). The summed E-state index contributed by atoms with van der Waals surface area (Å²) in [5.74, 6) is 0. The summed E-state index contributed by atoms with van der Waals surface area (Å²) in [6.45, 7) is 5.63. The van der Waals surface area contributed by atoms with Crippen LogP contribution in [0.15, 0.2) is 30.3 Å². The molecule has 1 unspecified atom stereocenters. The van der Waals surface area contributed by atoms with Gasteiger partial charge in [-0.05, 0) is 12.8 Å². The summed E-state index contributed by atoms with van der Waals surface area (Å²) in [5.41, 5.74) is 1.38. The van der Waals surface area contributed by atoms with Crippen molar-refractivity contribution in [3.05, 3.63) is 35.9 Å². The normalized spacial score (nSPS) is 13.4. The maximum absolute atomic E-state index is 9.50. The predicted octanol–water partition coefficient (Wildman–Crippen LogP) is 7.89. The van der Waals surface area contributed by atoms with E-state index < -0.39 is 0 Å². The number of aliphatic hydroxyl groups is 1. The molecule has 174 valence electrons. The van der Waals surface area contributed by atoms with Gasteiger partial charge in [-0.2, -0.15) is 0 Å². The summed E-state index contributed by atoms with van der Waals surface area (Å²) in [4.78, 5) is 0. The highest BCUT2D eigenvalue weighted by molar-refractivity contribution is 5.13. The third kappa shape index (κ3) is 15.0. The molecule has 0 aromatic heterocycles. The van der Waals surface area contributed by atoms with Crippen molar-refractivity contribution in [1.29, 1.82) is 0 Å². The van der Waals surface area contributed by atoms with Crippen LogP contribution >= 0.6 is 0 Å². The zero-order valence-electron chi connectivity index (χ0n) is 20.4. The largest absolute Gasteiger partial charge is 0.391 e. The smallest absolute Gasteiger partial charge is 0.104 e. The SMILES string of the molecule is CCCCCCCCCCCCCCCCCC[N+](C)(CCO)Cc1ccccc1. The van der Waals surface area contributed by atoms with Gasteiger partial charge in [-0.1, -0.05) is 127 Å². The maximum atomic E-state index is 9.50. The molecule has 1 N–H and O–H groups in total. The standard InChI is InChI=1S/C28H52NO/c1-3-4-5-6-7-8-9-10-11-12-13-14-15-16-17-21-24-29(2,25-26-30)27-28-22-19-18-20-23-28/h18-20,22-23,30H,3-17,21,24-27H2,1-2H3/q+1. The van der Waals surface area contributed by atoms with Gasteiger partial charge in [0.2, 0.25) is 0 Å². The number of benzene rings is 1. The highest BCUT2D eigenvalue weighted by Crippen LogP contribution is 2.16. The molecule has 0 bridgehead atoms. The van der Waals surface area contributed by atoms with Crippen LogP contribution in [0.3, 0.4) is 0 Å². The predicted molar refractivity (Wildman–Crippen MR) is 133 cm³/mol. The molecular weight excluding hydrogens is 366 g/mol. The van der Waals surface area contributed by atoms with Crippen LogP contribution in [0, 0.1) is 0 Å². The molecule has 30 heavy (non-hydrogen) atoms. The number of likely N-dealkylation sites (N-methyl/N-ethyl adjacent to an activating group) is 1. The number of aliphatic hydroxyl groups excluding tert-OH is 1. The van der Waals surface area contributed by atoms with Crippen LogP contribution in [0.25, 0.3) is 0 Å². The number of quaternary nitrogens is 1. The molecule has 0 radical (unpaired) electrons. The minimum atomic E-state index is 0.280. The quantitative estimate of drug-likeness (QED) is 0.159. The molecule has 2 nitrogen and oxygen atoms in total. The summed E-state index contributed by atoms with van der Waals surface area (Å²) in [7, 11) is 2.30. The lowest BCUT2D eigenvalue weighted by molar-refractivity contribution is -0.923. The zero-order valence-corrected chi connectivity index (χ0v) is 20.4. The van der Waals surface area contributed by atoms with Crippen molar-refractivity contribution >= 4 is 0 Å². The fraction of sp³-hybridized carbons (Fsp3) is 0.786.